The first-order valence-corrected chi connectivity index (χ1v) is 4.86. The van der Waals surface area contributed by atoms with E-state index in [1.54, 1.807) is 6.08 Å². The molecule has 0 saturated carbocycles. The van der Waals surface area contributed by atoms with Gasteiger partial charge in [0.2, 0.25) is 6.41 Å². The minimum atomic E-state index is 0.686. The molecule has 0 aliphatic rings. The van der Waals surface area contributed by atoms with Gasteiger partial charge in [0.15, 0.2) is 0 Å². The highest BCUT2D eigenvalue weighted by molar-refractivity contribution is 5.53. The van der Waals surface area contributed by atoms with Crippen molar-refractivity contribution in [2.75, 3.05) is 0 Å². The second kappa shape index (κ2) is 7.13. The molecule has 0 rings (SSSR count). The quantitative estimate of drug-likeness (QED) is 0.510. The number of amides is 1. The van der Waals surface area contributed by atoms with Crippen molar-refractivity contribution in [3.63, 3.8) is 0 Å². The number of hydrogen-bond donors (Lipinski definition) is 1. The fourth-order valence-corrected chi connectivity index (χ4v) is 1.25. The number of nitrogens with one attached hydrogen (secondary N) is 1. The standard InChI is InChI=1S/C12H19NO/c1-5-7-11(8-10(3)4)12(6-2)13-9-14/h6,8-9H,2,5,7H2,1,3-4H3,(H,13,14)/b12-11+. The minimum absolute atomic E-state index is 0.686. The van der Waals surface area contributed by atoms with E-state index >= 15 is 0 Å². The van der Waals surface area contributed by atoms with Crippen LogP contribution in [0.3, 0.4) is 0 Å². The van der Waals surface area contributed by atoms with E-state index in [-0.39, 0.29) is 0 Å². The lowest BCUT2D eigenvalue weighted by atomic mass is 10.1. The Balaban J connectivity index is 4.96. The minimum Gasteiger partial charge on any atom is -0.328 e. The van der Waals surface area contributed by atoms with E-state index in [1.807, 2.05) is 13.8 Å². The van der Waals surface area contributed by atoms with Crippen molar-refractivity contribution < 1.29 is 4.79 Å². The third-order valence-corrected chi connectivity index (χ3v) is 1.75. The second-order valence-electron chi connectivity index (χ2n) is 3.38. The van der Waals surface area contributed by atoms with Crippen molar-refractivity contribution in [1.82, 2.24) is 5.32 Å². The molecule has 78 valence electrons. The van der Waals surface area contributed by atoms with Crippen LogP contribution >= 0.6 is 0 Å². The number of carbonyl (C=O) groups is 1. The Morgan fingerprint density at radius 2 is 2.07 bits per heavy atom. The predicted octanol–water partition coefficient (Wildman–Crippen LogP) is 2.94. The summed E-state index contributed by atoms with van der Waals surface area (Å²) in [6.45, 7) is 9.87. The number of carbonyl (C=O) groups excluding carboxylic acids is 1. The molecule has 0 saturated heterocycles. The topological polar surface area (TPSA) is 29.1 Å². The first-order valence-electron chi connectivity index (χ1n) is 4.86. The number of allylic oxidation sites excluding steroid dienone is 4. The molecule has 0 aromatic heterocycles. The van der Waals surface area contributed by atoms with Gasteiger partial charge in [-0.05, 0) is 31.9 Å². The van der Waals surface area contributed by atoms with Gasteiger partial charge in [-0.15, -0.1) is 0 Å². The summed E-state index contributed by atoms with van der Waals surface area (Å²) in [6.07, 6.45) is 6.45. The molecule has 0 aliphatic heterocycles. The molecule has 0 aromatic carbocycles. The average Bonchev–Trinajstić information content (AvgIpc) is 2.13. The monoisotopic (exact) mass is 193 g/mol. The van der Waals surface area contributed by atoms with Gasteiger partial charge in [0.25, 0.3) is 0 Å². The van der Waals surface area contributed by atoms with Crippen LogP contribution in [-0.4, -0.2) is 6.41 Å². The van der Waals surface area contributed by atoms with Crippen LogP contribution in [0.15, 0.2) is 35.6 Å². The number of hydrogen-bond acceptors (Lipinski definition) is 1. The molecule has 0 heterocycles. The van der Waals surface area contributed by atoms with Gasteiger partial charge in [-0.25, -0.2) is 0 Å². The maximum atomic E-state index is 10.4. The van der Waals surface area contributed by atoms with Crippen LogP contribution in [0.2, 0.25) is 0 Å². The molecule has 0 spiro atoms. The van der Waals surface area contributed by atoms with Gasteiger partial charge >= 0.3 is 0 Å². The third-order valence-electron chi connectivity index (χ3n) is 1.75. The van der Waals surface area contributed by atoms with Gasteiger partial charge in [-0.3, -0.25) is 4.79 Å². The van der Waals surface area contributed by atoms with Crippen molar-refractivity contribution in [3.05, 3.63) is 35.6 Å². The van der Waals surface area contributed by atoms with Crippen molar-refractivity contribution in [2.24, 2.45) is 0 Å². The zero-order valence-corrected chi connectivity index (χ0v) is 9.26. The highest BCUT2D eigenvalue weighted by Crippen LogP contribution is 2.13. The lowest BCUT2D eigenvalue weighted by Crippen LogP contribution is -2.10. The first-order chi connectivity index (χ1) is 6.65. The molecule has 1 N–H and O–H groups in total. The smallest absolute Gasteiger partial charge is 0.211 e. The van der Waals surface area contributed by atoms with Crippen LogP contribution < -0.4 is 5.32 Å². The van der Waals surface area contributed by atoms with Gasteiger partial charge in [0.05, 0.1) is 0 Å². The van der Waals surface area contributed by atoms with Crippen LogP contribution in [0.1, 0.15) is 33.6 Å². The molecule has 0 atom stereocenters. The highest BCUT2D eigenvalue weighted by Gasteiger charge is 1.99. The summed E-state index contributed by atoms with van der Waals surface area (Å²) in [6, 6.07) is 0. The Hall–Kier alpha value is -1.31. The van der Waals surface area contributed by atoms with Crippen LogP contribution in [0.25, 0.3) is 0 Å². The Morgan fingerprint density at radius 1 is 1.43 bits per heavy atom. The van der Waals surface area contributed by atoms with Gasteiger partial charge in [-0.1, -0.05) is 31.6 Å². The third kappa shape index (κ3) is 4.65. The Bertz CT molecular complexity index is 257. The van der Waals surface area contributed by atoms with E-state index in [0.29, 0.717) is 6.41 Å². The van der Waals surface area contributed by atoms with E-state index in [0.717, 1.165) is 24.1 Å². The zero-order valence-electron chi connectivity index (χ0n) is 9.26. The molecule has 0 bridgehead atoms. The summed E-state index contributed by atoms with van der Waals surface area (Å²) in [5.74, 6) is 0. The summed E-state index contributed by atoms with van der Waals surface area (Å²) < 4.78 is 0. The molecule has 1 amide bonds. The summed E-state index contributed by atoms with van der Waals surface area (Å²) in [5, 5.41) is 2.66. The zero-order chi connectivity index (χ0) is 11.0. The molecule has 0 aliphatic carbocycles. The maximum absolute atomic E-state index is 10.4. The van der Waals surface area contributed by atoms with E-state index in [1.165, 1.54) is 5.57 Å². The summed E-state index contributed by atoms with van der Waals surface area (Å²) in [4.78, 5) is 10.4. The summed E-state index contributed by atoms with van der Waals surface area (Å²) in [7, 11) is 0. The fraction of sp³-hybridized carbons (Fsp3) is 0.417. The van der Waals surface area contributed by atoms with Crippen molar-refractivity contribution in [1.29, 1.82) is 0 Å². The molecule has 14 heavy (non-hydrogen) atoms. The molecule has 0 unspecified atom stereocenters. The Morgan fingerprint density at radius 3 is 2.43 bits per heavy atom. The van der Waals surface area contributed by atoms with Crippen molar-refractivity contribution in [3.8, 4) is 0 Å². The van der Waals surface area contributed by atoms with Crippen LogP contribution in [-0.2, 0) is 4.79 Å². The van der Waals surface area contributed by atoms with Crippen LogP contribution in [0, 0.1) is 0 Å². The molecule has 0 fully saturated rings. The predicted molar refractivity (Wildman–Crippen MR) is 60.8 cm³/mol. The molecule has 0 radical (unpaired) electrons. The first kappa shape index (κ1) is 12.7. The van der Waals surface area contributed by atoms with Gasteiger partial charge in [0.1, 0.15) is 0 Å². The second-order valence-corrected chi connectivity index (χ2v) is 3.38. The summed E-state index contributed by atoms with van der Waals surface area (Å²) >= 11 is 0. The normalized spacial score (nSPS) is 11.4. The van der Waals surface area contributed by atoms with E-state index in [4.69, 9.17) is 0 Å². The van der Waals surface area contributed by atoms with E-state index in [2.05, 4.69) is 24.9 Å². The van der Waals surface area contributed by atoms with E-state index < -0.39 is 0 Å². The highest BCUT2D eigenvalue weighted by atomic mass is 16.1. The molecular formula is C12H19NO. The van der Waals surface area contributed by atoms with Crippen molar-refractivity contribution >= 4 is 6.41 Å². The molecular weight excluding hydrogens is 174 g/mol. The Kier molecular flexibility index (Phi) is 6.46. The van der Waals surface area contributed by atoms with Crippen LogP contribution in [0.5, 0.6) is 0 Å². The van der Waals surface area contributed by atoms with Crippen molar-refractivity contribution in [2.45, 2.75) is 33.6 Å². The van der Waals surface area contributed by atoms with Gasteiger partial charge < -0.3 is 5.32 Å². The number of rotatable bonds is 6. The fourth-order valence-electron chi connectivity index (χ4n) is 1.25. The maximum Gasteiger partial charge on any atom is 0.211 e. The molecule has 2 nitrogen and oxygen atoms in total. The lowest BCUT2D eigenvalue weighted by molar-refractivity contribution is -0.108. The average molecular weight is 193 g/mol. The lowest BCUT2D eigenvalue weighted by Gasteiger charge is -2.07. The largest absolute Gasteiger partial charge is 0.328 e. The summed E-state index contributed by atoms with van der Waals surface area (Å²) in [5.41, 5.74) is 3.16. The molecule has 2 heteroatoms. The van der Waals surface area contributed by atoms with E-state index in [9.17, 15) is 4.79 Å². The molecule has 0 aromatic rings. The Labute approximate surface area is 86.4 Å². The van der Waals surface area contributed by atoms with Crippen LogP contribution in [0.4, 0.5) is 0 Å². The van der Waals surface area contributed by atoms with Gasteiger partial charge in [-0.2, -0.15) is 0 Å². The van der Waals surface area contributed by atoms with Gasteiger partial charge in [0, 0.05) is 5.70 Å². The SMILES string of the molecule is C=C/C(NC=O)=C(\C=C(C)C)CCC.